The van der Waals surface area contributed by atoms with Crippen LogP contribution in [0.15, 0.2) is 48.5 Å². The largest absolute Gasteiger partial charge is 0.494 e. The van der Waals surface area contributed by atoms with Crippen molar-refractivity contribution >= 4 is 17.5 Å². The molecule has 0 unspecified atom stereocenters. The summed E-state index contributed by atoms with van der Waals surface area (Å²) in [5, 5.41) is 0. The lowest BCUT2D eigenvalue weighted by Gasteiger charge is -2.11. The highest BCUT2D eigenvalue weighted by molar-refractivity contribution is 7.98. The number of para-hydroxylation sites is 1. The van der Waals surface area contributed by atoms with Crippen LogP contribution in [0, 0.1) is 0 Å². The average Bonchev–Trinajstić information content (AvgIpc) is 2.57. The van der Waals surface area contributed by atoms with Crippen molar-refractivity contribution in [3.63, 3.8) is 0 Å². The van der Waals surface area contributed by atoms with Gasteiger partial charge in [0.25, 0.3) is 0 Å². The highest BCUT2D eigenvalue weighted by Gasteiger charge is 2.08. The third-order valence-electron chi connectivity index (χ3n) is 3.26. The average molecular weight is 330 g/mol. The number of thioether (sulfide) groups is 1. The van der Waals surface area contributed by atoms with Crippen molar-refractivity contribution in [3.8, 4) is 11.5 Å². The minimum absolute atomic E-state index is 0.0757. The maximum atomic E-state index is 11.5. The van der Waals surface area contributed by atoms with E-state index < -0.39 is 0 Å². The summed E-state index contributed by atoms with van der Waals surface area (Å²) in [7, 11) is 0. The molecule has 0 spiro atoms. The summed E-state index contributed by atoms with van der Waals surface area (Å²) in [6.07, 6.45) is 0. The van der Waals surface area contributed by atoms with Gasteiger partial charge in [-0.3, -0.25) is 4.79 Å². The van der Waals surface area contributed by atoms with Gasteiger partial charge in [0.05, 0.1) is 13.2 Å². The smallest absolute Gasteiger partial charge is 0.159 e. The van der Waals surface area contributed by atoms with Gasteiger partial charge in [0, 0.05) is 22.6 Å². The van der Waals surface area contributed by atoms with Gasteiger partial charge >= 0.3 is 0 Å². The van der Waals surface area contributed by atoms with Gasteiger partial charge in [-0.15, -0.1) is 0 Å². The van der Waals surface area contributed by atoms with Crippen molar-refractivity contribution in [1.82, 2.24) is 0 Å². The molecule has 0 fully saturated rings. The highest BCUT2D eigenvalue weighted by Crippen LogP contribution is 2.25. The van der Waals surface area contributed by atoms with E-state index in [1.807, 2.05) is 55.5 Å². The number of benzene rings is 2. The highest BCUT2D eigenvalue weighted by atomic mass is 32.2. The second-order valence-electron chi connectivity index (χ2n) is 5.03. The molecule has 122 valence electrons. The molecule has 4 heteroatoms. The summed E-state index contributed by atoms with van der Waals surface area (Å²) in [6, 6.07) is 15.4. The second-order valence-corrected chi connectivity index (χ2v) is 6.13. The van der Waals surface area contributed by atoms with Crippen LogP contribution in [0.3, 0.4) is 0 Å². The van der Waals surface area contributed by atoms with E-state index in [1.165, 1.54) is 0 Å². The molecule has 0 aliphatic rings. The van der Waals surface area contributed by atoms with Gasteiger partial charge in [0.1, 0.15) is 11.5 Å². The molecule has 2 aromatic carbocycles. The number of hydrogen-bond donors (Lipinski definition) is 0. The molecule has 0 atom stereocenters. The van der Waals surface area contributed by atoms with Gasteiger partial charge in [0.15, 0.2) is 5.78 Å². The molecule has 0 aromatic heterocycles. The fourth-order valence-electron chi connectivity index (χ4n) is 2.12. The van der Waals surface area contributed by atoms with Crippen LogP contribution in [0.1, 0.15) is 29.8 Å². The molecule has 0 saturated carbocycles. The number of rotatable bonds is 9. The third kappa shape index (κ3) is 5.64. The van der Waals surface area contributed by atoms with Crippen LogP contribution in [0.25, 0.3) is 0 Å². The maximum Gasteiger partial charge on any atom is 0.159 e. The minimum atomic E-state index is 0.0757. The number of carbonyl (C=O) groups excluding carboxylic acids is 1. The lowest BCUT2D eigenvalue weighted by atomic mass is 10.1. The molecule has 0 aliphatic heterocycles. The number of ketones is 1. The van der Waals surface area contributed by atoms with Gasteiger partial charge in [0.2, 0.25) is 0 Å². The van der Waals surface area contributed by atoms with Gasteiger partial charge in [-0.05, 0) is 44.2 Å². The molecule has 2 aromatic rings. The van der Waals surface area contributed by atoms with Crippen molar-refractivity contribution in [3.05, 3.63) is 59.7 Å². The lowest BCUT2D eigenvalue weighted by Crippen LogP contribution is -2.02. The van der Waals surface area contributed by atoms with Gasteiger partial charge in [-0.1, -0.05) is 18.2 Å². The molecule has 2 rings (SSSR count). The van der Waals surface area contributed by atoms with Crippen LogP contribution < -0.4 is 9.47 Å². The van der Waals surface area contributed by atoms with Crippen LogP contribution in [-0.2, 0) is 5.75 Å². The first-order chi connectivity index (χ1) is 11.2. The standard InChI is InChI=1S/C19H22O3S/c1-3-21-19-10-9-16(15(2)20)13-17(19)14-23-12-11-22-18-7-5-4-6-8-18/h4-10,13H,3,11-12,14H2,1-2H3. The number of hydrogen-bond acceptors (Lipinski definition) is 4. The normalized spacial score (nSPS) is 10.3. The Kier molecular flexibility index (Phi) is 7.01. The van der Waals surface area contributed by atoms with Crippen LogP contribution in [0.2, 0.25) is 0 Å². The minimum Gasteiger partial charge on any atom is -0.494 e. The molecular formula is C19H22O3S. The second kappa shape index (κ2) is 9.26. The first-order valence-electron chi connectivity index (χ1n) is 7.73. The first-order valence-corrected chi connectivity index (χ1v) is 8.88. The molecule has 3 nitrogen and oxygen atoms in total. The van der Waals surface area contributed by atoms with Crippen LogP contribution >= 0.6 is 11.8 Å². The van der Waals surface area contributed by atoms with E-state index in [9.17, 15) is 4.79 Å². The molecule has 0 N–H and O–H groups in total. The summed E-state index contributed by atoms with van der Waals surface area (Å²) < 4.78 is 11.3. The number of ether oxygens (including phenoxy) is 2. The quantitative estimate of drug-likeness (QED) is 0.497. The summed E-state index contributed by atoms with van der Waals surface area (Å²) in [6.45, 7) is 4.82. The van der Waals surface area contributed by atoms with E-state index >= 15 is 0 Å². The van der Waals surface area contributed by atoms with Crippen LogP contribution in [0.4, 0.5) is 0 Å². The Bertz CT molecular complexity index is 626. The molecule has 0 aliphatic carbocycles. The van der Waals surface area contributed by atoms with E-state index in [-0.39, 0.29) is 5.78 Å². The zero-order valence-corrected chi connectivity index (χ0v) is 14.4. The van der Waals surface area contributed by atoms with Crippen molar-refractivity contribution in [1.29, 1.82) is 0 Å². The molecule has 0 saturated heterocycles. The number of Topliss-reactive ketones (excluding diaryl/α,β-unsaturated/α-hetero) is 1. The molecule has 0 heterocycles. The Balaban J connectivity index is 1.86. The zero-order chi connectivity index (χ0) is 16.5. The summed E-state index contributed by atoms with van der Waals surface area (Å²) >= 11 is 1.77. The first kappa shape index (κ1) is 17.4. The number of carbonyl (C=O) groups is 1. The Morgan fingerprint density at radius 3 is 2.57 bits per heavy atom. The van der Waals surface area contributed by atoms with Crippen molar-refractivity contribution in [2.75, 3.05) is 19.0 Å². The predicted molar refractivity (Wildman–Crippen MR) is 95.7 cm³/mol. The van der Waals surface area contributed by atoms with Crippen molar-refractivity contribution in [2.24, 2.45) is 0 Å². The predicted octanol–water partition coefficient (Wildman–Crippen LogP) is 4.60. The van der Waals surface area contributed by atoms with Crippen molar-refractivity contribution in [2.45, 2.75) is 19.6 Å². The topological polar surface area (TPSA) is 35.5 Å². The molecule has 0 bridgehead atoms. The van der Waals surface area contributed by atoms with Gasteiger partial charge < -0.3 is 9.47 Å². The Hall–Kier alpha value is -1.94. The molecule has 23 heavy (non-hydrogen) atoms. The van der Waals surface area contributed by atoms with E-state index in [0.717, 1.165) is 34.1 Å². The third-order valence-corrected chi connectivity index (χ3v) is 4.23. The monoisotopic (exact) mass is 330 g/mol. The summed E-state index contributed by atoms with van der Waals surface area (Å²) in [5.74, 6) is 3.50. The summed E-state index contributed by atoms with van der Waals surface area (Å²) in [5.41, 5.74) is 1.79. The molecule has 0 radical (unpaired) electrons. The Labute approximate surface area is 142 Å². The fourth-order valence-corrected chi connectivity index (χ4v) is 2.92. The lowest BCUT2D eigenvalue weighted by molar-refractivity contribution is 0.101. The van der Waals surface area contributed by atoms with E-state index in [1.54, 1.807) is 18.7 Å². The zero-order valence-electron chi connectivity index (χ0n) is 13.6. The van der Waals surface area contributed by atoms with Crippen LogP contribution in [-0.4, -0.2) is 24.7 Å². The SMILES string of the molecule is CCOc1ccc(C(C)=O)cc1CSCCOc1ccccc1. The summed E-state index contributed by atoms with van der Waals surface area (Å²) in [4.78, 5) is 11.5. The van der Waals surface area contributed by atoms with Gasteiger partial charge in [-0.2, -0.15) is 11.8 Å². The van der Waals surface area contributed by atoms with Crippen molar-refractivity contribution < 1.29 is 14.3 Å². The molecular weight excluding hydrogens is 308 g/mol. The maximum absolute atomic E-state index is 11.5. The Morgan fingerprint density at radius 1 is 1.09 bits per heavy atom. The molecule has 0 amide bonds. The van der Waals surface area contributed by atoms with Gasteiger partial charge in [-0.25, -0.2) is 0 Å². The van der Waals surface area contributed by atoms with E-state index in [0.29, 0.717) is 13.2 Å². The van der Waals surface area contributed by atoms with Crippen LogP contribution in [0.5, 0.6) is 11.5 Å². The fraction of sp³-hybridized carbons (Fsp3) is 0.316. The van der Waals surface area contributed by atoms with E-state index in [4.69, 9.17) is 9.47 Å². The van der Waals surface area contributed by atoms with E-state index in [2.05, 4.69) is 0 Å². The Morgan fingerprint density at radius 2 is 1.87 bits per heavy atom.